The first-order valence-corrected chi connectivity index (χ1v) is 6.26. The lowest BCUT2D eigenvalue weighted by Gasteiger charge is -2.33. The molecular formula is C13H22O4. The van der Waals surface area contributed by atoms with Gasteiger partial charge in [-0.1, -0.05) is 6.58 Å². The zero-order valence-electron chi connectivity index (χ0n) is 10.6. The second-order valence-electron chi connectivity index (χ2n) is 4.33. The van der Waals surface area contributed by atoms with E-state index in [0.29, 0.717) is 38.2 Å². The van der Waals surface area contributed by atoms with E-state index in [2.05, 4.69) is 6.58 Å². The Hall–Kier alpha value is -1.03. The molecule has 0 aromatic carbocycles. The van der Waals surface area contributed by atoms with Crippen molar-refractivity contribution in [3.63, 3.8) is 0 Å². The van der Waals surface area contributed by atoms with Crippen molar-refractivity contribution in [2.75, 3.05) is 13.2 Å². The molecule has 3 atom stereocenters. The Morgan fingerprint density at radius 1 is 1.24 bits per heavy atom. The fourth-order valence-electron chi connectivity index (χ4n) is 2.33. The van der Waals surface area contributed by atoms with Gasteiger partial charge in [-0.05, 0) is 33.1 Å². The van der Waals surface area contributed by atoms with E-state index in [0.717, 1.165) is 0 Å². The highest BCUT2D eigenvalue weighted by molar-refractivity contribution is 5.73. The van der Waals surface area contributed by atoms with Gasteiger partial charge in [0.1, 0.15) is 0 Å². The van der Waals surface area contributed by atoms with Crippen LogP contribution in [0.15, 0.2) is 12.3 Å². The molecule has 0 amide bonds. The van der Waals surface area contributed by atoms with E-state index in [-0.39, 0.29) is 23.9 Å². The van der Waals surface area contributed by atoms with Crippen molar-refractivity contribution in [3.8, 4) is 0 Å². The second kappa shape index (κ2) is 6.64. The van der Waals surface area contributed by atoms with Crippen molar-refractivity contribution in [1.82, 2.24) is 0 Å². The molecule has 0 spiro atoms. The first-order chi connectivity index (χ1) is 8.10. The summed E-state index contributed by atoms with van der Waals surface area (Å²) in [5, 5.41) is 9.68. The smallest absolute Gasteiger partial charge is 0.309 e. The summed E-state index contributed by atoms with van der Waals surface area (Å²) in [5.41, 5.74) is 0. The number of hydrogen-bond acceptors (Lipinski definition) is 4. The first-order valence-electron chi connectivity index (χ1n) is 6.26. The molecule has 98 valence electrons. The van der Waals surface area contributed by atoms with Gasteiger partial charge in [0.2, 0.25) is 0 Å². The molecule has 4 heteroatoms. The van der Waals surface area contributed by atoms with Crippen molar-refractivity contribution in [3.05, 3.63) is 12.3 Å². The molecule has 1 aliphatic carbocycles. The molecule has 3 unspecified atom stereocenters. The fraction of sp³-hybridized carbons (Fsp3) is 0.769. The van der Waals surface area contributed by atoms with Crippen LogP contribution in [0.2, 0.25) is 0 Å². The summed E-state index contributed by atoms with van der Waals surface area (Å²) in [7, 11) is 0. The standard InChI is InChI=1S/C13H22O4/c1-4-16-9(3)12-8-10(14)6-7-11(12)13(15)17-5-2/h10-12,14H,3-8H2,1-2H3. The first kappa shape index (κ1) is 14.0. The molecule has 0 aromatic heterocycles. The van der Waals surface area contributed by atoms with Crippen molar-refractivity contribution in [2.45, 2.75) is 39.2 Å². The van der Waals surface area contributed by atoms with Crippen molar-refractivity contribution in [2.24, 2.45) is 11.8 Å². The summed E-state index contributed by atoms with van der Waals surface area (Å²) < 4.78 is 10.4. The van der Waals surface area contributed by atoms with E-state index in [4.69, 9.17) is 9.47 Å². The molecule has 1 fully saturated rings. The summed E-state index contributed by atoms with van der Waals surface area (Å²) in [6.45, 7) is 8.44. The monoisotopic (exact) mass is 242 g/mol. The van der Waals surface area contributed by atoms with Crippen molar-refractivity contribution in [1.29, 1.82) is 0 Å². The van der Waals surface area contributed by atoms with Crippen LogP contribution in [0.25, 0.3) is 0 Å². The van der Waals surface area contributed by atoms with Crippen LogP contribution in [0.4, 0.5) is 0 Å². The zero-order chi connectivity index (χ0) is 12.8. The number of esters is 1. The highest BCUT2D eigenvalue weighted by Crippen LogP contribution is 2.35. The molecule has 1 N–H and O–H groups in total. The Morgan fingerprint density at radius 2 is 1.88 bits per heavy atom. The lowest BCUT2D eigenvalue weighted by molar-refractivity contribution is -0.152. The average Bonchev–Trinajstić information content (AvgIpc) is 2.29. The molecule has 0 aromatic rings. The fourth-order valence-corrected chi connectivity index (χ4v) is 2.33. The summed E-state index contributed by atoms with van der Waals surface area (Å²) >= 11 is 0. The second-order valence-corrected chi connectivity index (χ2v) is 4.33. The number of carbonyl (C=O) groups is 1. The van der Waals surface area contributed by atoms with Gasteiger partial charge in [-0.3, -0.25) is 4.79 Å². The summed E-state index contributed by atoms with van der Waals surface area (Å²) in [6, 6.07) is 0. The van der Waals surface area contributed by atoms with E-state index in [1.54, 1.807) is 6.92 Å². The summed E-state index contributed by atoms with van der Waals surface area (Å²) in [5.74, 6) is 0.0321. The Labute approximate surface area is 103 Å². The van der Waals surface area contributed by atoms with E-state index >= 15 is 0 Å². The van der Waals surface area contributed by atoms with Crippen LogP contribution in [-0.4, -0.2) is 30.4 Å². The van der Waals surface area contributed by atoms with Gasteiger partial charge in [-0.15, -0.1) is 0 Å². The maximum absolute atomic E-state index is 11.8. The van der Waals surface area contributed by atoms with E-state index in [1.165, 1.54) is 0 Å². The Morgan fingerprint density at radius 3 is 2.47 bits per heavy atom. The Bertz CT molecular complexity index is 275. The van der Waals surface area contributed by atoms with Gasteiger partial charge >= 0.3 is 5.97 Å². The highest BCUT2D eigenvalue weighted by atomic mass is 16.5. The number of allylic oxidation sites excluding steroid dienone is 1. The molecule has 0 heterocycles. The Kier molecular flexibility index (Phi) is 5.48. The van der Waals surface area contributed by atoms with Gasteiger partial charge in [0.05, 0.1) is 31.0 Å². The van der Waals surface area contributed by atoms with Gasteiger partial charge in [-0.25, -0.2) is 0 Å². The van der Waals surface area contributed by atoms with Crippen molar-refractivity contribution < 1.29 is 19.4 Å². The number of ether oxygens (including phenoxy) is 2. The molecule has 0 aliphatic heterocycles. The highest BCUT2D eigenvalue weighted by Gasteiger charge is 2.37. The minimum atomic E-state index is -0.372. The van der Waals surface area contributed by atoms with Gasteiger partial charge in [0.15, 0.2) is 0 Å². The van der Waals surface area contributed by atoms with Crippen LogP contribution >= 0.6 is 0 Å². The predicted molar refractivity (Wildman–Crippen MR) is 64.2 cm³/mol. The molecular weight excluding hydrogens is 220 g/mol. The molecule has 0 radical (unpaired) electrons. The number of hydrogen-bond donors (Lipinski definition) is 1. The average molecular weight is 242 g/mol. The van der Waals surface area contributed by atoms with Crippen LogP contribution in [0.3, 0.4) is 0 Å². The number of carbonyl (C=O) groups excluding carboxylic acids is 1. The summed E-state index contributed by atoms with van der Waals surface area (Å²) in [6.07, 6.45) is 1.43. The number of aliphatic hydroxyl groups excluding tert-OH is 1. The predicted octanol–water partition coefficient (Wildman–Crippen LogP) is 1.88. The lowest BCUT2D eigenvalue weighted by atomic mass is 9.77. The van der Waals surface area contributed by atoms with Gasteiger partial charge in [0.25, 0.3) is 0 Å². The topological polar surface area (TPSA) is 55.8 Å². The molecule has 1 rings (SSSR count). The minimum Gasteiger partial charge on any atom is -0.499 e. The molecule has 17 heavy (non-hydrogen) atoms. The van der Waals surface area contributed by atoms with Gasteiger partial charge < -0.3 is 14.6 Å². The lowest BCUT2D eigenvalue weighted by Crippen LogP contribution is -2.35. The van der Waals surface area contributed by atoms with Crippen LogP contribution < -0.4 is 0 Å². The van der Waals surface area contributed by atoms with Crippen LogP contribution in [0.1, 0.15) is 33.1 Å². The Balaban J connectivity index is 2.70. The number of aliphatic hydroxyl groups is 1. The third-order valence-electron chi connectivity index (χ3n) is 3.16. The largest absolute Gasteiger partial charge is 0.499 e. The van der Waals surface area contributed by atoms with E-state index in [1.807, 2.05) is 6.92 Å². The normalized spacial score (nSPS) is 28.5. The minimum absolute atomic E-state index is 0.127. The third-order valence-corrected chi connectivity index (χ3v) is 3.16. The van der Waals surface area contributed by atoms with Crippen LogP contribution in [-0.2, 0) is 14.3 Å². The summed E-state index contributed by atoms with van der Waals surface area (Å²) in [4.78, 5) is 11.8. The maximum atomic E-state index is 11.8. The molecule has 0 bridgehead atoms. The van der Waals surface area contributed by atoms with Gasteiger partial charge in [0, 0.05) is 5.92 Å². The number of rotatable bonds is 5. The molecule has 4 nitrogen and oxygen atoms in total. The molecule has 0 saturated heterocycles. The van der Waals surface area contributed by atoms with Crippen LogP contribution in [0.5, 0.6) is 0 Å². The SMILES string of the molecule is C=C(OCC)C1CC(O)CCC1C(=O)OCC. The molecule has 1 aliphatic rings. The zero-order valence-corrected chi connectivity index (χ0v) is 10.6. The quantitative estimate of drug-likeness (QED) is 0.590. The maximum Gasteiger partial charge on any atom is 0.309 e. The van der Waals surface area contributed by atoms with Crippen molar-refractivity contribution >= 4 is 5.97 Å². The molecule has 1 saturated carbocycles. The van der Waals surface area contributed by atoms with E-state index in [9.17, 15) is 9.90 Å². The third kappa shape index (κ3) is 3.73. The van der Waals surface area contributed by atoms with E-state index < -0.39 is 0 Å². The van der Waals surface area contributed by atoms with Gasteiger partial charge in [-0.2, -0.15) is 0 Å². The van der Waals surface area contributed by atoms with Crippen LogP contribution in [0, 0.1) is 11.8 Å².